The molecule has 3 rings (SSSR count). The summed E-state index contributed by atoms with van der Waals surface area (Å²) in [5, 5.41) is 13.9. The van der Waals surface area contributed by atoms with Gasteiger partial charge in [-0.2, -0.15) is 0 Å². The van der Waals surface area contributed by atoms with Crippen LogP contribution in [0.25, 0.3) is 0 Å². The first-order chi connectivity index (χ1) is 13.6. The summed E-state index contributed by atoms with van der Waals surface area (Å²) in [6.07, 6.45) is 4.17. The highest BCUT2D eigenvalue weighted by atomic mass is 16.6. The standard InChI is InChI=1S/C20H20N4O4/c1-28-18-8-7-16(13-17(18)24(26)27)20(25)22-10-9-19-21-11-12-23(19)14-15-5-3-2-4-6-15/h2-8,11-13H,9-10,14H2,1H3,(H,22,25). The highest BCUT2D eigenvalue weighted by Gasteiger charge is 2.18. The molecule has 1 N–H and O–H groups in total. The van der Waals surface area contributed by atoms with Crippen molar-refractivity contribution in [1.29, 1.82) is 0 Å². The molecular weight excluding hydrogens is 360 g/mol. The molecule has 3 aromatic rings. The number of benzene rings is 2. The van der Waals surface area contributed by atoms with Crippen LogP contribution in [-0.2, 0) is 13.0 Å². The van der Waals surface area contributed by atoms with Crippen molar-refractivity contribution in [3.8, 4) is 5.75 Å². The van der Waals surface area contributed by atoms with Crippen LogP contribution in [0.1, 0.15) is 21.7 Å². The molecule has 0 fully saturated rings. The fraction of sp³-hybridized carbons (Fsp3) is 0.200. The minimum absolute atomic E-state index is 0.115. The molecule has 1 aromatic heterocycles. The van der Waals surface area contributed by atoms with Crippen molar-refractivity contribution >= 4 is 11.6 Å². The minimum atomic E-state index is -0.573. The molecule has 0 aliphatic rings. The van der Waals surface area contributed by atoms with E-state index in [1.807, 2.05) is 41.1 Å². The average Bonchev–Trinajstić information content (AvgIpc) is 3.15. The number of hydrogen-bond acceptors (Lipinski definition) is 5. The molecule has 0 spiro atoms. The van der Waals surface area contributed by atoms with Crippen molar-refractivity contribution < 1.29 is 14.5 Å². The molecular formula is C20H20N4O4. The lowest BCUT2D eigenvalue weighted by molar-refractivity contribution is -0.385. The maximum atomic E-state index is 12.3. The summed E-state index contributed by atoms with van der Waals surface area (Å²) < 4.78 is 6.98. The van der Waals surface area contributed by atoms with Gasteiger partial charge in [0.2, 0.25) is 0 Å². The van der Waals surface area contributed by atoms with Gasteiger partial charge in [-0.3, -0.25) is 14.9 Å². The number of nitro benzene ring substituents is 1. The Bertz CT molecular complexity index is 969. The van der Waals surface area contributed by atoms with Crippen LogP contribution in [0.4, 0.5) is 5.69 Å². The normalized spacial score (nSPS) is 10.5. The van der Waals surface area contributed by atoms with E-state index in [9.17, 15) is 14.9 Å². The third-order valence-electron chi connectivity index (χ3n) is 4.27. The summed E-state index contributed by atoms with van der Waals surface area (Å²) >= 11 is 0. The summed E-state index contributed by atoms with van der Waals surface area (Å²) in [5.41, 5.74) is 1.13. The first-order valence-electron chi connectivity index (χ1n) is 8.73. The van der Waals surface area contributed by atoms with Crippen molar-refractivity contribution in [2.45, 2.75) is 13.0 Å². The van der Waals surface area contributed by atoms with Crippen molar-refractivity contribution in [2.75, 3.05) is 13.7 Å². The topological polar surface area (TPSA) is 99.3 Å². The zero-order chi connectivity index (χ0) is 19.9. The Kier molecular flexibility index (Phi) is 6.01. The van der Waals surface area contributed by atoms with E-state index in [4.69, 9.17) is 4.74 Å². The molecule has 1 heterocycles. The number of ether oxygens (including phenoxy) is 1. The van der Waals surface area contributed by atoms with Gasteiger partial charge in [0, 0.05) is 43.5 Å². The van der Waals surface area contributed by atoms with E-state index >= 15 is 0 Å². The first-order valence-corrected chi connectivity index (χ1v) is 8.73. The van der Waals surface area contributed by atoms with E-state index in [2.05, 4.69) is 10.3 Å². The molecule has 0 aliphatic carbocycles. The van der Waals surface area contributed by atoms with Crippen LogP contribution in [0.5, 0.6) is 5.75 Å². The van der Waals surface area contributed by atoms with E-state index in [0.717, 1.165) is 11.4 Å². The van der Waals surface area contributed by atoms with Crippen molar-refractivity contribution in [1.82, 2.24) is 14.9 Å². The number of nitro groups is 1. The Morgan fingerprint density at radius 1 is 1.25 bits per heavy atom. The summed E-state index contributed by atoms with van der Waals surface area (Å²) in [7, 11) is 1.35. The number of carbonyl (C=O) groups excluding carboxylic acids is 1. The van der Waals surface area contributed by atoms with Crippen LogP contribution in [0, 0.1) is 10.1 Å². The number of aromatic nitrogens is 2. The Morgan fingerprint density at radius 2 is 2.04 bits per heavy atom. The van der Waals surface area contributed by atoms with Crippen molar-refractivity contribution in [2.24, 2.45) is 0 Å². The number of nitrogens with zero attached hydrogens (tertiary/aromatic N) is 3. The number of imidazole rings is 1. The van der Waals surface area contributed by atoms with E-state index in [1.54, 1.807) is 6.20 Å². The number of rotatable bonds is 8. The lowest BCUT2D eigenvalue weighted by atomic mass is 10.1. The molecule has 0 bridgehead atoms. The molecule has 0 saturated heterocycles. The quantitative estimate of drug-likeness (QED) is 0.478. The summed E-state index contributed by atoms with van der Waals surface area (Å²) in [6.45, 7) is 1.07. The Labute approximate surface area is 161 Å². The second kappa shape index (κ2) is 8.81. The zero-order valence-corrected chi connectivity index (χ0v) is 15.4. The zero-order valence-electron chi connectivity index (χ0n) is 15.4. The number of nitrogens with one attached hydrogen (secondary N) is 1. The molecule has 0 atom stereocenters. The van der Waals surface area contributed by atoms with Gasteiger partial charge in [0.1, 0.15) is 5.82 Å². The molecule has 0 radical (unpaired) electrons. The predicted molar refractivity (Wildman–Crippen MR) is 103 cm³/mol. The average molecular weight is 380 g/mol. The highest BCUT2D eigenvalue weighted by Crippen LogP contribution is 2.27. The van der Waals surface area contributed by atoms with Gasteiger partial charge >= 0.3 is 5.69 Å². The molecule has 28 heavy (non-hydrogen) atoms. The van der Waals surface area contributed by atoms with Gasteiger partial charge in [0.05, 0.1) is 12.0 Å². The van der Waals surface area contributed by atoms with Crippen LogP contribution in [0.15, 0.2) is 60.9 Å². The molecule has 1 amide bonds. The van der Waals surface area contributed by atoms with Gasteiger partial charge in [-0.05, 0) is 17.7 Å². The van der Waals surface area contributed by atoms with Gasteiger partial charge in [0.25, 0.3) is 5.91 Å². The lowest BCUT2D eigenvalue weighted by Crippen LogP contribution is -2.26. The third kappa shape index (κ3) is 4.53. The van der Waals surface area contributed by atoms with E-state index in [-0.39, 0.29) is 22.9 Å². The van der Waals surface area contributed by atoms with Crippen molar-refractivity contribution in [3.63, 3.8) is 0 Å². The second-order valence-corrected chi connectivity index (χ2v) is 6.11. The number of methoxy groups -OCH3 is 1. The number of hydrogen-bond donors (Lipinski definition) is 1. The fourth-order valence-electron chi connectivity index (χ4n) is 2.86. The van der Waals surface area contributed by atoms with E-state index in [1.165, 1.54) is 25.3 Å². The van der Waals surface area contributed by atoms with Gasteiger partial charge in [0.15, 0.2) is 5.75 Å². The summed E-state index contributed by atoms with van der Waals surface area (Å²) in [5.74, 6) is 0.585. The van der Waals surface area contributed by atoms with Crippen LogP contribution < -0.4 is 10.1 Å². The molecule has 144 valence electrons. The Morgan fingerprint density at radius 3 is 2.75 bits per heavy atom. The fourth-order valence-corrected chi connectivity index (χ4v) is 2.86. The molecule has 0 unspecified atom stereocenters. The molecule has 0 aliphatic heterocycles. The maximum absolute atomic E-state index is 12.3. The smallest absolute Gasteiger partial charge is 0.311 e. The number of amides is 1. The SMILES string of the molecule is COc1ccc(C(=O)NCCc2nccn2Cc2ccccc2)cc1[N+](=O)[O-]. The predicted octanol–water partition coefficient (Wildman–Crippen LogP) is 2.82. The van der Waals surface area contributed by atoms with Gasteiger partial charge < -0.3 is 14.6 Å². The van der Waals surface area contributed by atoms with Crippen LogP contribution in [0.2, 0.25) is 0 Å². The molecule has 8 heteroatoms. The summed E-state index contributed by atoms with van der Waals surface area (Å²) in [6, 6.07) is 14.2. The molecule has 0 saturated carbocycles. The first kappa shape index (κ1) is 19.1. The molecule has 8 nitrogen and oxygen atoms in total. The second-order valence-electron chi connectivity index (χ2n) is 6.11. The number of carbonyl (C=O) groups is 1. The van der Waals surface area contributed by atoms with Crippen LogP contribution in [0.3, 0.4) is 0 Å². The summed E-state index contributed by atoms with van der Waals surface area (Å²) in [4.78, 5) is 27.2. The van der Waals surface area contributed by atoms with Gasteiger partial charge in [-0.25, -0.2) is 4.98 Å². The minimum Gasteiger partial charge on any atom is -0.490 e. The van der Waals surface area contributed by atoms with Crippen LogP contribution in [-0.4, -0.2) is 34.0 Å². The Balaban J connectivity index is 1.60. The maximum Gasteiger partial charge on any atom is 0.311 e. The third-order valence-corrected chi connectivity index (χ3v) is 4.27. The molecule has 2 aromatic carbocycles. The largest absolute Gasteiger partial charge is 0.490 e. The van der Waals surface area contributed by atoms with E-state index in [0.29, 0.717) is 19.5 Å². The van der Waals surface area contributed by atoms with Gasteiger partial charge in [-0.15, -0.1) is 0 Å². The van der Waals surface area contributed by atoms with Crippen LogP contribution >= 0.6 is 0 Å². The van der Waals surface area contributed by atoms with E-state index < -0.39 is 4.92 Å². The van der Waals surface area contributed by atoms with Gasteiger partial charge in [-0.1, -0.05) is 30.3 Å². The Hall–Kier alpha value is -3.68. The van der Waals surface area contributed by atoms with Crippen molar-refractivity contribution in [3.05, 3.63) is 88.0 Å². The monoisotopic (exact) mass is 380 g/mol. The lowest BCUT2D eigenvalue weighted by Gasteiger charge is -2.09. The highest BCUT2D eigenvalue weighted by molar-refractivity contribution is 5.95.